The summed E-state index contributed by atoms with van der Waals surface area (Å²) in [5.41, 5.74) is 0.712. The summed E-state index contributed by atoms with van der Waals surface area (Å²) in [6.07, 6.45) is 4.91. The number of hydrogen-bond donors (Lipinski definition) is 1. The minimum absolute atomic E-state index is 0.0716. The van der Waals surface area contributed by atoms with Gasteiger partial charge in [0.05, 0.1) is 16.5 Å². The van der Waals surface area contributed by atoms with Gasteiger partial charge >= 0.3 is 5.97 Å². The number of benzene rings is 1. The number of nitrogens with zero attached hydrogens (tertiary/aromatic N) is 2. The normalized spacial score (nSPS) is 23.6. The first-order chi connectivity index (χ1) is 13.9. The molecule has 2 heterocycles. The largest absolute Gasteiger partial charge is 0.452 e. The molecule has 1 saturated carbocycles. The molecule has 3 atom stereocenters. The zero-order valence-electron chi connectivity index (χ0n) is 16.9. The van der Waals surface area contributed by atoms with Gasteiger partial charge in [-0.1, -0.05) is 26.7 Å². The molecule has 29 heavy (non-hydrogen) atoms. The van der Waals surface area contributed by atoms with Gasteiger partial charge in [-0.15, -0.1) is 0 Å². The quantitative estimate of drug-likeness (QED) is 0.801. The summed E-state index contributed by atoms with van der Waals surface area (Å²) in [5.74, 6) is 0.875. The number of fused-ring (bicyclic) bond motifs is 2. The Kier molecular flexibility index (Phi) is 5.39. The van der Waals surface area contributed by atoms with Crippen molar-refractivity contribution in [3.05, 3.63) is 39.9 Å². The molecule has 1 aliphatic carbocycles. The number of nitrogens with one attached hydrogen (secondary N) is 1. The van der Waals surface area contributed by atoms with E-state index in [-0.39, 0.29) is 24.1 Å². The van der Waals surface area contributed by atoms with E-state index in [9.17, 15) is 14.4 Å². The number of carbonyl (C=O) groups excluding carboxylic acids is 2. The van der Waals surface area contributed by atoms with Crippen LogP contribution in [0.5, 0.6) is 0 Å². The lowest BCUT2D eigenvalue weighted by molar-refractivity contribution is -0.125. The summed E-state index contributed by atoms with van der Waals surface area (Å²) in [4.78, 5) is 41.7. The molecule has 0 saturated heterocycles. The Labute approximate surface area is 169 Å². The van der Waals surface area contributed by atoms with Crippen LogP contribution in [-0.2, 0) is 22.5 Å². The summed E-state index contributed by atoms with van der Waals surface area (Å²) in [6, 6.07) is 4.86. The van der Waals surface area contributed by atoms with Gasteiger partial charge in [-0.25, -0.2) is 9.78 Å². The van der Waals surface area contributed by atoms with Crippen molar-refractivity contribution in [2.24, 2.45) is 11.8 Å². The van der Waals surface area contributed by atoms with Crippen molar-refractivity contribution in [1.82, 2.24) is 14.9 Å². The third-order valence-corrected chi connectivity index (χ3v) is 6.44. The molecule has 1 aromatic heterocycles. The first kappa shape index (κ1) is 19.6. The van der Waals surface area contributed by atoms with Crippen molar-refractivity contribution < 1.29 is 14.3 Å². The Balaban J connectivity index is 1.41. The van der Waals surface area contributed by atoms with Gasteiger partial charge in [-0.3, -0.25) is 14.2 Å². The molecule has 0 bridgehead atoms. The number of carbonyl (C=O) groups is 2. The summed E-state index contributed by atoms with van der Waals surface area (Å²) in [5, 5.41) is 3.49. The average molecular weight is 397 g/mol. The topological polar surface area (TPSA) is 90.3 Å². The van der Waals surface area contributed by atoms with Gasteiger partial charge in [0.25, 0.3) is 11.5 Å². The molecule has 2 aromatic rings. The van der Waals surface area contributed by atoms with E-state index in [0.29, 0.717) is 34.8 Å². The summed E-state index contributed by atoms with van der Waals surface area (Å²) in [7, 11) is 0. The van der Waals surface area contributed by atoms with E-state index >= 15 is 0 Å². The fraction of sp³-hybridized carbons (Fsp3) is 0.545. The molecule has 0 spiro atoms. The standard InChI is InChI=1S/C22H27N3O4/c1-13-5-3-6-17(14(13)2)24-20(26)12-29-22(28)15-8-9-16-18(11-15)23-19-7-4-10-25(19)21(16)27/h8-9,11,13-14,17H,3-7,10,12H2,1-2H3,(H,24,26)/t13-,14+,17+/m0/s1. The molecule has 0 unspecified atom stereocenters. The second-order valence-corrected chi connectivity index (χ2v) is 8.34. The molecular formula is C22H27N3O4. The van der Waals surface area contributed by atoms with Crippen LogP contribution in [0, 0.1) is 11.8 Å². The first-order valence-electron chi connectivity index (χ1n) is 10.4. The van der Waals surface area contributed by atoms with Gasteiger partial charge < -0.3 is 10.1 Å². The molecular weight excluding hydrogens is 370 g/mol. The maximum atomic E-state index is 12.5. The second-order valence-electron chi connectivity index (χ2n) is 8.34. The summed E-state index contributed by atoms with van der Waals surface area (Å²) < 4.78 is 6.90. The van der Waals surface area contributed by atoms with Gasteiger partial charge in [-0.2, -0.15) is 0 Å². The summed E-state index contributed by atoms with van der Waals surface area (Å²) >= 11 is 0. The molecule has 7 nitrogen and oxygen atoms in total. The predicted molar refractivity (Wildman–Crippen MR) is 109 cm³/mol. The zero-order valence-corrected chi connectivity index (χ0v) is 16.9. The Bertz CT molecular complexity index is 1010. The molecule has 1 aromatic carbocycles. The van der Waals surface area contributed by atoms with Crippen molar-refractivity contribution in [1.29, 1.82) is 0 Å². The Morgan fingerprint density at radius 3 is 2.90 bits per heavy atom. The molecule has 7 heteroatoms. The van der Waals surface area contributed by atoms with Crippen LogP contribution in [0.4, 0.5) is 0 Å². The zero-order chi connectivity index (χ0) is 20.5. The highest BCUT2D eigenvalue weighted by molar-refractivity contribution is 5.95. The molecule has 1 aliphatic heterocycles. The number of ether oxygens (including phenoxy) is 1. The molecule has 2 aliphatic rings. The van der Waals surface area contributed by atoms with Crippen LogP contribution in [0.15, 0.2) is 23.0 Å². The maximum absolute atomic E-state index is 12.5. The lowest BCUT2D eigenvalue weighted by atomic mass is 9.78. The second kappa shape index (κ2) is 7.97. The van der Waals surface area contributed by atoms with E-state index in [2.05, 4.69) is 24.1 Å². The Morgan fingerprint density at radius 1 is 1.24 bits per heavy atom. The van der Waals surface area contributed by atoms with E-state index in [1.54, 1.807) is 22.8 Å². The smallest absolute Gasteiger partial charge is 0.338 e. The average Bonchev–Trinajstić information content (AvgIpc) is 3.18. The minimum atomic E-state index is -0.588. The first-order valence-corrected chi connectivity index (χ1v) is 10.4. The summed E-state index contributed by atoms with van der Waals surface area (Å²) in [6.45, 7) is 4.74. The van der Waals surface area contributed by atoms with Gasteiger partial charge in [0, 0.05) is 19.0 Å². The third-order valence-electron chi connectivity index (χ3n) is 6.44. The molecule has 1 amide bonds. The lowest BCUT2D eigenvalue weighted by Crippen LogP contribution is -2.45. The van der Waals surface area contributed by atoms with E-state index in [4.69, 9.17) is 4.74 Å². The van der Waals surface area contributed by atoms with Gasteiger partial charge in [-0.05, 0) is 42.9 Å². The van der Waals surface area contributed by atoms with Gasteiger partial charge in [0.2, 0.25) is 0 Å². The fourth-order valence-corrected chi connectivity index (χ4v) is 4.46. The van der Waals surface area contributed by atoms with E-state index < -0.39 is 5.97 Å². The van der Waals surface area contributed by atoms with Crippen molar-refractivity contribution in [3.8, 4) is 0 Å². The van der Waals surface area contributed by atoms with Crippen LogP contribution in [0.2, 0.25) is 0 Å². The SMILES string of the molecule is C[C@@H]1[C@@H](C)CCC[C@H]1NC(=O)COC(=O)c1ccc2c(=O)n3c(nc2c1)CCC3. The van der Waals surface area contributed by atoms with Crippen LogP contribution < -0.4 is 10.9 Å². The van der Waals surface area contributed by atoms with Crippen LogP contribution in [-0.4, -0.2) is 34.1 Å². The van der Waals surface area contributed by atoms with Crippen molar-refractivity contribution in [3.63, 3.8) is 0 Å². The predicted octanol–water partition coefficient (Wildman–Crippen LogP) is 2.44. The van der Waals surface area contributed by atoms with Crippen molar-refractivity contribution >= 4 is 22.8 Å². The highest BCUT2D eigenvalue weighted by Gasteiger charge is 2.28. The number of hydrogen-bond acceptors (Lipinski definition) is 5. The van der Waals surface area contributed by atoms with Crippen molar-refractivity contribution in [2.75, 3.05) is 6.61 Å². The lowest BCUT2D eigenvalue weighted by Gasteiger charge is -2.34. The Hall–Kier alpha value is -2.70. The fourth-order valence-electron chi connectivity index (χ4n) is 4.46. The van der Waals surface area contributed by atoms with E-state index in [0.717, 1.165) is 31.5 Å². The number of esters is 1. The van der Waals surface area contributed by atoms with Gasteiger partial charge in [0.15, 0.2) is 6.61 Å². The van der Waals surface area contributed by atoms with Crippen LogP contribution >= 0.6 is 0 Å². The molecule has 154 valence electrons. The highest BCUT2D eigenvalue weighted by Crippen LogP contribution is 2.29. The molecule has 4 rings (SSSR count). The molecule has 0 radical (unpaired) electrons. The number of amides is 1. The number of rotatable bonds is 4. The van der Waals surface area contributed by atoms with Crippen molar-refractivity contribution in [2.45, 2.75) is 58.5 Å². The van der Waals surface area contributed by atoms with Crippen LogP contribution in [0.3, 0.4) is 0 Å². The van der Waals surface area contributed by atoms with Crippen LogP contribution in [0.25, 0.3) is 10.9 Å². The van der Waals surface area contributed by atoms with E-state index in [1.807, 2.05) is 0 Å². The molecule has 1 fully saturated rings. The number of aryl methyl sites for hydroxylation is 1. The van der Waals surface area contributed by atoms with Gasteiger partial charge in [0.1, 0.15) is 5.82 Å². The monoisotopic (exact) mass is 397 g/mol. The maximum Gasteiger partial charge on any atom is 0.338 e. The number of aromatic nitrogens is 2. The highest BCUT2D eigenvalue weighted by atomic mass is 16.5. The minimum Gasteiger partial charge on any atom is -0.452 e. The van der Waals surface area contributed by atoms with Crippen LogP contribution in [0.1, 0.15) is 55.7 Å². The molecule has 1 N–H and O–H groups in total. The van der Waals surface area contributed by atoms with E-state index in [1.165, 1.54) is 6.42 Å². The third kappa shape index (κ3) is 3.91. The Morgan fingerprint density at radius 2 is 2.07 bits per heavy atom.